The van der Waals surface area contributed by atoms with Crippen LogP contribution in [0.25, 0.3) is 0 Å². The third-order valence-corrected chi connectivity index (χ3v) is 4.46. The maximum atomic E-state index is 9.21. The fourth-order valence-corrected chi connectivity index (χ4v) is 2.79. The van der Waals surface area contributed by atoms with Gasteiger partial charge in [0.25, 0.3) is 0 Å². The Labute approximate surface area is 124 Å². The molecule has 0 spiro atoms. The SMILES string of the molecule is Cc1cccc(NCc2cnc(C(C)(C)C)s2)c1C#N. The van der Waals surface area contributed by atoms with Crippen LogP contribution in [0, 0.1) is 18.3 Å². The van der Waals surface area contributed by atoms with Gasteiger partial charge in [-0.25, -0.2) is 4.98 Å². The number of aryl methyl sites for hydroxylation is 1. The maximum Gasteiger partial charge on any atom is 0.102 e. The normalized spacial score (nSPS) is 11.2. The minimum Gasteiger partial charge on any atom is -0.379 e. The number of hydrogen-bond acceptors (Lipinski definition) is 4. The van der Waals surface area contributed by atoms with Crippen molar-refractivity contribution in [1.82, 2.24) is 4.98 Å². The van der Waals surface area contributed by atoms with Gasteiger partial charge in [0.05, 0.1) is 22.8 Å². The number of hydrogen-bond donors (Lipinski definition) is 1. The molecule has 0 amide bonds. The second-order valence-corrected chi connectivity index (χ2v) is 6.96. The molecule has 1 heterocycles. The van der Waals surface area contributed by atoms with Crippen LogP contribution in [0.4, 0.5) is 5.69 Å². The Morgan fingerprint density at radius 1 is 1.35 bits per heavy atom. The van der Waals surface area contributed by atoms with Gasteiger partial charge in [-0.2, -0.15) is 5.26 Å². The quantitative estimate of drug-likeness (QED) is 0.918. The number of anilines is 1. The Bertz CT molecular complexity index is 644. The van der Waals surface area contributed by atoms with E-state index in [9.17, 15) is 5.26 Å². The molecule has 0 unspecified atom stereocenters. The molecule has 3 nitrogen and oxygen atoms in total. The fourth-order valence-electron chi connectivity index (χ4n) is 1.88. The smallest absolute Gasteiger partial charge is 0.102 e. The topological polar surface area (TPSA) is 48.7 Å². The molecule has 1 N–H and O–H groups in total. The van der Waals surface area contributed by atoms with E-state index in [4.69, 9.17) is 0 Å². The molecular formula is C16H19N3S. The van der Waals surface area contributed by atoms with Crippen molar-refractivity contribution in [2.45, 2.75) is 39.7 Å². The first-order chi connectivity index (χ1) is 9.41. The molecule has 0 atom stereocenters. The van der Waals surface area contributed by atoms with E-state index in [1.54, 1.807) is 11.3 Å². The van der Waals surface area contributed by atoms with E-state index in [0.29, 0.717) is 12.1 Å². The van der Waals surface area contributed by atoms with E-state index in [0.717, 1.165) is 16.3 Å². The summed E-state index contributed by atoms with van der Waals surface area (Å²) >= 11 is 1.72. The summed E-state index contributed by atoms with van der Waals surface area (Å²) in [4.78, 5) is 5.65. The zero-order chi connectivity index (χ0) is 14.8. The highest BCUT2D eigenvalue weighted by Crippen LogP contribution is 2.27. The van der Waals surface area contributed by atoms with Crippen LogP contribution in [0.3, 0.4) is 0 Å². The number of nitriles is 1. The van der Waals surface area contributed by atoms with E-state index in [2.05, 4.69) is 37.1 Å². The molecule has 0 aliphatic heterocycles. The number of aromatic nitrogens is 1. The van der Waals surface area contributed by atoms with Gasteiger partial charge in [-0.1, -0.05) is 32.9 Å². The molecule has 2 rings (SSSR count). The first kappa shape index (κ1) is 14.5. The third-order valence-electron chi connectivity index (χ3n) is 3.03. The number of nitrogens with zero attached hydrogens (tertiary/aromatic N) is 2. The summed E-state index contributed by atoms with van der Waals surface area (Å²) in [5.74, 6) is 0. The fraction of sp³-hybridized carbons (Fsp3) is 0.375. The number of benzene rings is 1. The van der Waals surface area contributed by atoms with Crippen LogP contribution in [0.5, 0.6) is 0 Å². The highest BCUT2D eigenvalue weighted by molar-refractivity contribution is 7.11. The van der Waals surface area contributed by atoms with Crippen LogP contribution in [0.15, 0.2) is 24.4 Å². The highest BCUT2D eigenvalue weighted by atomic mass is 32.1. The average Bonchev–Trinajstić information content (AvgIpc) is 2.85. The largest absolute Gasteiger partial charge is 0.379 e. The van der Waals surface area contributed by atoms with Crippen LogP contribution in [-0.2, 0) is 12.0 Å². The molecular weight excluding hydrogens is 266 g/mol. The lowest BCUT2D eigenvalue weighted by atomic mass is 9.98. The lowest BCUT2D eigenvalue weighted by Crippen LogP contribution is -2.09. The first-order valence-corrected chi connectivity index (χ1v) is 7.42. The molecule has 0 aliphatic rings. The number of nitrogens with one attached hydrogen (secondary N) is 1. The van der Waals surface area contributed by atoms with Gasteiger partial charge in [-0.3, -0.25) is 0 Å². The van der Waals surface area contributed by atoms with E-state index in [1.807, 2.05) is 31.3 Å². The summed E-state index contributed by atoms with van der Waals surface area (Å²) in [6.45, 7) is 9.15. The molecule has 2 aromatic rings. The number of thiazole rings is 1. The predicted molar refractivity (Wildman–Crippen MR) is 84.0 cm³/mol. The van der Waals surface area contributed by atoms with Crippen molar-refractivity contribution in [3.63, 3.8) is 0 Å². The van der Waals surface area contributed by atoms with E-state index >= 15 is 0 Å². The maximum absolute atomic E-state index is 9.21. The average molecular weight is 285 g/mol. The lowest BCUT2D eigenvalue weighted by Gasteiger charge is -2.13. The van der Waals surface area contributed by atoms with Gasteiger partial charge >= 0.3 is 0 Å². The molecule has 0 fully saturated rings. The van der Waals surface area contributed by atoms with Crippen molar-refractivity contribution < 1.29 is 0 Å². The second-order valence-electron chi connectivity index (χ2n) is 5.84. The van der Waals surface area contributed by atoms with Gasteiger partial charge in [0.1, 0.15) is 6.07 Å². The van der Waals surface area contributed by atoms with Crippen molar-refractivity contribution >= 4 is 17.0 Å². The summed E-state index contributed by atoms with van der Waals surface area (Å²) in [6.07, 6.45) is 1.92. The zero-order valence-corrected chi connectivity index (χ0v) is 13.1. The van der Waals surface area contributed by atoms with Gasteiger partial charge in [-0.05, 0) is 18.6 Å². The Morgan fingerprint density at radius 3 is 2.70 bits per heavy atom. The molecule has 20 heavy (non-hydrogen) atoms. The number of rotatable bonds is 3. The second kappa shape index (κ2) is 5.64. The van der Waals surface area contributed by atoms with Gasteiger partial charge < -0.3 is 5.32 Å². The lowest BCUT2D eigenvalue weighted by molar-refractivity contribution is 0.585. The van der Waals surface area contributed by atoms with E-state index in [-0.39, 0.29) is 5.41 Å². The summed E-state index contributed by atoms with van der Waals surface area (Å²) < 4.78 is 0. The molecule has 0 saturated heterocycles. The highest BCUT2D eigenvalue weighted by Gasteiger charge is 2.17. The summed E-state index contributed by atoms with van der Waals surface area (Å²) in [6, 6.07) is 8.11. The molecule has 0 saturated carbocycles. The summed E-state index contributed by atoms with van der Waals surface area (Å²) in [5.41, 5.74) is 2.69. The Kier molecular flexibility index (Phi) is 4.10. The van der Waals surface area contributed by atoms with Crippen molar-refractivity contribution in [2.75, 3.05) is 5.32 Å². The van der Waals surface area contributed by atoms with Crippen LogP contribution >= 0.6 is 11.3 Å². The molecule has 4 heteroatoms. The standard InChI is InChI=1S/C16H19N3S/c1-11-6-5-7-14(13(11)8-17)18-9-12-10-19-15(20-12)16(2,3)4/h5-7,10,18H,9H2,1-4H3. The van der Waals surface area contributed by atoms with Crippen molar-refractivity contribution in [2.24, 2.45) is 0 Å². The third kappa shape index (κ3) is 3.17. The van der Waals surface area contributed by atoms with Crippen LogP contribution < -0.4 is 5.32 Å². The molecule has 0 radical (unpaired) electrons. The Balaban J connectivity index is 2.12. The minimum absolute atomic E-state index is 0.0874. The van der Waals surface area contributed by atoms with Crippen LogP contribution in [0.1, 0.15) is 41.8 Å². The summed E-state index contributed by atoms with van der Waals surface area (Å²) in [7, 11) is 0. The zero-order valence-electron chi connectivity index (χ0n) is 12.3. The Morgan fingerprint density at radius 2 is 2.10 bits per heavy atom. The minimum atomic E-state index is 0.0874. The van der Waals surface area contributed by atoms with E-state index in [1.165, 1.54) is 4.88 Å². The molecule has 0 aliphatic carbocycles. The van der Waals surface area contributed by atoms with Crippen LogP contribution in [0.2, 0.25) is 0 Å². The van der Waals surface area contributed by atoms with Crippen molar-refractivity contribution in [3.8, 4) is 6.07 Å². The Hall–Kier alpha value is -1.86. The van der Waals surface area contributed by atoms with Crippen molar-refractivity contribution in [3.05, 3.63) is 45.4 Å². The first-order valence-electron chi connectivity index (χ1n) is 6.60. The van der Waals surface area contributed by atoms with Gasteiger partial charge in [0, 0.05) is 16.5 Å². The predicted octanol–water partition coefficient (Wildman–Crippen LogP) is 4.23. The summed E-state index contributed by atoms with van der Waals surface area (Å²) in [5, 5.41) is 13.7. The van der Waals surface area contributed by atoms with Gasteiger partial charge in [-0.15, -0.1) is 11.3 Å². The molecule has 1 aromatic carbocycles. The van der Waals surface area contributed by atoms with Crippen molar-refractivity contribution in [1.29, 1.82) is 5.26 Å². The monoisotopic (exact) mass is 285 g/mol. The van der Waals surface area contributed by atoms with Gasteiger partial charge in [0.2, 0.25) is 0 Å². The molecule has 0 bridgehead atoms. The molecule has 1 aromatic heterocycles. The van der Waals surface area contributed by atoms with Gasteiger partial charge in [0.15, 0.2) is 0 Å². The van der Waals surface area contributed by atoms with Crippen LogP contribution in [-0.4, -0.2) is 4.98 Å². The molecule has 104 valence electrons. The van der Waals surface area contributed by atoms with E-state index < -0.39 is 0 Å².